The van der Waals surface area contributed by atoms with Crippen molar-refractivity contribution in [3.05, 3.63) is 30.1 Å². The maximum absolute atomic E-state index is 13.5. The minimum atomic E-state index is -0.386. The van der Waals surface area contributed by atoms with Crippen LogP contribution in [0.25, 0.3) is 0 Å². The number of rotatable bonds is 8. The van der Waals surface area contributed by atoms with Gasteiger partial charge in [-0.2, -0.15) is 0 Å². The van der Waals surface area contributed by atoms with E-state index in [-0.39, 0.29) is 29.6 Å². The van der Waals surface area contributed by atoms with Crippen molar-refractivity contribution in [2.24, 2.45) is 4.99 Å². The van der Waals surface area contributed by atoms with E-state index in [1.165, 1.54) is 6.07 Å². The van der Waals surface area contributed by atoms with Gasteiger partial charge in [-0.1, -0.05) is 12.1 Å². The van der Waals surface area contributed by atoms with Gasteiger partial charge in [0.2, 0.25) is 5.91 Å². The molecule has 0 spiro atoms. The van der Waals surface area contributed by atoms with Crippen LogP contribution in [0.3, 0.4) is 0 Å². The van der Waals surface area contributed by atoms with Gasteiger partial charge in [0.1, 0.15) is 6.10 Å². The van der Waals surface area contributed by atoms with E-state index in [4.69, 9.17) is 4.74 Å². The fraction of sp³-hybridized carbons (Fsp3) is 0.529. The number of carbonyl (C=O) groups excluding carboxylic acids is 1. The van der Waals surface area contributed by atoms with Crippen molar-refractivity contribution < 1.29 is 13.9 Å². The number of amides is 1. The summed E-state index contributed by atoms with van der Waals surface area (Å²) < 4.78 is 19.1. The zero-order chi connectivity index (χ0) is 17.9. The van der Waals surface area contributed by atoms with Crippen LogP contribution in [0.5, 0.6) is 5.75 Å². The highest BCUT2D eigenvalue weighted by Crippen LogP contribution is 2.16. The lowest BCUT2D eigenvalue weighted by Gasteiger charge is -2.18. The molecule has 24 heavy (non-hydrogen) atoms. The molecule has 0 saturated heterocycles. The molecule has 1 amide bonds. The van der Waals surface area contributed by atoms with E-state index < -0.39 is 0 Å². The Morgan fingerprint density at radius 1 is 1.25 bits per heavy atom. The number of benzene rings is 1. The molecule has 0 aliphatic heterocycles. The van der Waals surface area contributed by atoms with Crippen LogP contribution in [0.4, 0.5) is 4.39 Å². The summed E-state index contributed by atoms with van der Waals surface area (Å²) in [5, 5.41) is 8.96. The van der Waals surface area contributed by atoms with Gasteiger partial charge in [0, 0.05) is 26.1 Å². The molecule has 0 heterocycles. The first-order chi connectivity index (χ1) is 11.4. The van der Waals surface area contributed by atoms with E-state index in [1.807, 2.05) is 20.8 Å². The van der Waals surface area contributed by atoms with Gasteiger partial charge in [-0.05, 0) is 32.9 Å². The molecular formula is C17H27FN4O2. The second kappa shape index (κ2) is 10.5. The number of para-hydroxylation sites is 1. The molecular weight excluding hydrogens is 311 g/mol. The monoisotopic (exact) mass is 338 g/mol. The van der Waals surface area contributed by atoms with Gasteiger partial charge in [0.15, 0.2) is 17.5 Å². The van der Waals surface area contributed by atoms with Crippen LogP contribution < -0.4 is 20.7 Å². The molecule has 7 heteroatoms. The van der Waals surface area contributed by atoms with Crippen molar-refractivity contribution in [2.75, 3.05) is 20.1 Å². The number of nitrogens with one attached hydrogen (secondary N) is 3. The normalized spacial score (nSPS) is 12.7. The first kappa shape index (κ1) is 19.7. The second-order valence-corrected chi connectivity index (χ2v) is 5.71. The van der Waals surface area contributed by atoms with Crippen molar-refractivity contribution in [2.45, 2.75) is 39.3 Å². The van der Waals surface area contributed by atoms with Crippen LogP contribution in [-0.2, 0) is 4.79 Å². The van der Waals surface area contributed by atoms with Crippen LogP contribution in [0.1, 0.15) is 27.2 Å². The molecule has 0 radical (unpaired) electrons. The smallest absolute Gasteiger partial charge is 0.221 e. The number of nitrogens with zero attached hydrogens (tertiary/aromatic N) is 1. The summed E-state index contributed by atoms with van der Waals surface area (Å²) in [6.45, 7) is 6.60. The lowest BCUT2D eigenvalue weighted by atomic mass is 10.3. The topological polar surface area (TPSA) is 74.8 Å². The van der Waals surface area contributed by atoms with Crippen LogP contribution in [0, 0.1) is 5.82 Å². The molecule has 0 aliphatic rings. The van der Waals surface area contributed by atoms with E-state index >= 15 is 0 Å². The number of aliphatic imine (C=N–C) groups is 1. The van der Waals surface area contributed by atoms with Gasteiger partial charge < -0.3 is 20.7 Å². The Bertz CT molecular complexity index is 549. The van der Waals surface area contributed by atoms with Gasteiger partial charge in [-0.3, -0.25) is 9.79 Å². The molecule has 0 aliphatic carbocycles. The van der Waals surface area contributed by atoms with E-state index in [1.54, 1.807) is 25.2 Å². The Morgan fingerprint density at radius 3 is 2.58 bits per heavy atom. The molecule has 1 rings (SSSR count). The number of ether oxygens (including phenoxy) is 1. The van der Waals surface area contributed by atoms with Crippen molar-refractivity contribution in [1.82, 2.24) is 16.0 Å². The van der Waals surface area contributed by atoms with Crippen molar-refractivity contribution >= 4 is 11.9 Å². The van der Waals surface area contributed by atoms with Gasteiger partial charge in [-0.15, -0.1) is 0 Å². The van der Waals surface area contributed by atoms with E-state index in [0.29, 0.717) is 25.5 Å². The number of guanidine groups is 1. The molecule has 0 fully saturated rings. The van der Waals surface area contributed by atoms with Gasteiger partial charge in [-0.25, -0.2) is 4.39 Å². The molecule has 134 valence electrons. The van der Waals surface area contributed by atoms with Crippen molar-refractivity contribution in [3.8, 4) is 5.75 Å². The average molecular weight is 338 g/mol. The highest BCUT2D eigenvalue weighted by molar-refractivity contribution is 5.81. The Balaban J connectivity index is 2.31. The first-order valence-electron chi connectivity index (χ1n) is 8.07. The molecule has 6 nitrogen and oxygen atoms in total. The van der Waals surface area contributed by atoms with Gasteiger partial charge in [0.05, 0.1) is 6.54 Å². The van der Waals surface area contributed by atoms with Gasteiger partial charge >= 0.3 is 0 Å². The van der Waals surface area contributed by atoms with E-state index in [0.717, 1.165) is 0 Å². The summed E-state index contributed by atoms with van der Waals surface area (Å²) in [4.78, 5) is 15.6. The summed E-state index contributed by atoms with van der Waals surface area (Å²) in [6.07, 6.45) is 0.116. The SMILES string of the molecule is CN=C(NCCC(=O)NC(C)C)NCC(C)Oc1ccccc1F. The summed E-state index contributed by atoms with van der Waals surface area (Å²) in [5.41, 5.74) is 0. The lowest BCUT2D eigenvalue weighted by molar-refractivity contribution is -0.121. The molecule has 1 atom stereocenters. The van der Waals surface area contributed by atoms with Crippen molar-refractivity contribution in [3.63, 3.8) is 0 Å². The zero-order valence-electron chi connectivity index (χ0n) is 14.7. The fourth-order valence-corrected chi connectivity index (χ4v) is 1.95. The number of carbonyl (C=O) groups is 1. The fourth-order valence-electron chi connectivity index (χ4n) is 1.95. The molecule has 0 saturated carbocycles. The van der Waals surface area contributed by atoms with Crippen LogP contribution in [0.2, 0.25) is 0 Å². The quantitative estimate of drug-likeness (QED) is 0.498. The highest BCUT2D eigenvalue weighted by Gasteiger charge is 2.09. The molecule has 3 N–H and O–H groups in total. The summed E-state index contributed by atoms with van der Waals surface area (Å²) in [6, 6.07) is 6.42. The Kier molecular flexibility index (Phi) is 8.60. The Morgan fingerprint density at radius 2 is 1.96 bits per heavy atom. The molecule has 1 aromatic rings. The third-order valence-corrected chi connectivity index (χ3v) is 3.04. The third kappa shape index (κ3) is 7.80. The Hall–Kier alpha value is -2.31. The van der Waals surface area contributed by atoms with E-state index in [2.05, 4.69) is 20.9 Å². The maximum Gasteiger partial charge on any atom is 0.221 e. The maximum atomic E-state index is 13.5. The minimum absolute atomic E-state index is 0.00999. The summed E-state index contributed by atoms with van der Waals surface area (Å²) >= 11 is 0. The lowest BCUT2D eigenvalue weighted by Crippen LogP contribution is -2.43. The molecule has 0 bridgehead atoms. The van der Waals surface area contributed by atoms with Crippen molar-refractivity contribution in [1.29, 1.82) is 0 Å². The first-order valence-corrected chi connectivity index (χ1v) is 8.07. The minimum Gasteiger partial charge on any atom is -0.486 e. The average Bonchev–Trinajstić information content (AvgIpc) is 2.52. The standard InChI is InChI=1S/C17H27FN4O2/c1-12(2)22-16(23)9-10-20-17(19-4)21-11-13(3)24-15-8-6-5-7-14(15)18/h5-8,12-13H,9-11H2,1-4H3,(H,22,23)(H2,19,20,21). The Labute approximate surface area is 142 Å². The van der Waals surface area contributed by atoms with Crippen LogP contribution >= 0.6 is 0 Å². The number of hydrogen-bond donors (Lipinski definition) is 3. The second-order valence-electron chi connectivity index (χ2n) is 5.71. The number of hydrogen-bond acceptors (Lipinski definition) is 3. The highest BCUT2D eigenvalue weighted by atomic mass is 19.1. The largest absolute Gasteiger partial charge is 0.486 e. The third-order valence-electron chi connectivity index (χ3n) is 3.04. The number of halogens is 1. The van der Waals surface area contributed by atoms with Crippen LogP contribution in [0.15, 0.2) is 29.3 Å². The summed E-state index contributed by atoms with van der Waals surface area (Å²) in [7, 11) is 1.64. The predicted octanol–water partition coefficient (Wildman–Crippen LogP) is 1.67. The summed E-state index contributed by atoms with van der Waals surface area (Å²) in [5.74, 6) is 0.392. The molecule has 1 unspecified atom stereocenters. The molecule has 1 aromatic carbocycles. The van der Waals surface area contributed by atoms with Gasteiger partial charge in [0.25, 0.3) is 0 Å². The van der Waals surface area contributed by atoms with E-state index in [9.17, 15) is 9.18 Å². The molecule has 0 aromatic heterocycles. The van der Waals surface area contributed by atoms with Crippen LogP contribution in [-0.4, -0.2) is 44.1 Å². The predicted molar refractivity (Wildman–Crippen MR) is 93.8 cm³/mol. The zero-order valence-corrected chi connectivity index (χ0v) is 14.7.